The first-order valence-corrected chi connectivity index (χ1v) is 15.8. The summed E-state index contributed by atoms with van der Waals surface area (Å²) in [7, 11) is 0. The van der Waals surface area contributed by atoms with Crippen LogP contribution in [0.15, 0.2) is 0 Å². The van der Waals surface area contributed by atoms with Crippen molar-refractivity contribution < 1.29 is 20.1 Å². The second-order valence-electron chi connectivity index (χ2n) is 13.8. The van der Waals surface area contributed by atoms with E-state index in [-0.39, 0.29) is 17.4 Å². The molecule has 7 heteroatoms. The van der Waals surface area contributed by atoms with E-state index in [0.717, 1.165) is 97.0 Å². The summed E-state index contributed by atoms with van der Waals surface area (Å²) in [5, 5.41) is 31.6. The fraction of sp³-hybridized carbons (Fsp3) is 1.00. The number of halogens is 1. The third-order valence-corrected chi connectivity index (χ3v) is 11.3. The Hall–Kier alpha value is 0.0500. The Morgan fingerprint density at radius 2 is 1.81 bits per heavy atom. The third-order valence-electron chi connectivity index (χ3n) is 10.8. The molecule has 5 N–H and O–H groups in total. The average Bonchev–Trinajstić information content (AvgIpc) is 3.11. The number of aliphatic hydroxyl groups excluding tert-OH is 2. The fourth-order valence-corrected chi connectivity index (χ4v) is 8.93. The average molecular weight is 543 g/mol. The smallest absolute Gasteiger partial charge is 0.0864 e. The summed E-state index contributed by atoms with van der Waals surface area (Å²) in [6.45, 7) is 8.75. The van der Waals surface area contributed by atoms with E-state index in [9.17, 15) is 15.3 Å². The highest BCUT2D eigenvalue weighted by atomic mass is 35.5. The number of hydrogen-bond acceptors (Lipinski definition) is 6. The van der Waals surface area contributed by atoms with Crippen LogP contribution in [-0.4, -0.2) is 82.8 Å². The predicted octanol–water partition coefficient (Wildman–Crippen LogP) is 4.17. The van der Waals surface area contributed by atoms with E-state index in [1.54, 1.807) is 0 Å². The van der Waals surface area contributed by atoms with Crippen LogP contribution in [0.5, 0.6) is 0 Å². The molecule has 2 saturated carbocycles. The van der Waals surface area contributed by atoms with Gasteiger partial charge >= 0.3 is 0 Å². The number of rotatable bonds is 11. The molecule has 0 aromatic rings. The highest BCUT2D eigenvalue weighted by molar-refractivity contribution is 6.20. The van der Waals surface area contributed by atoms with Crippen LogP contribution in [0.4, 0.5) is 0 Å². The number of likely N-dealkylation sites (tertiary alicyclic amines) is 1. The zero-order valence-electron chi connectivity index (χ0n) is 23.5. The van der Waals surface area contributed by atoms with Gasteiger partial charge in [-0.05, 0) is 120 Å². The lowest BCUT2D eigenvalue weighted by Crippen LogP contribution is -2.51. The second kappa shape index (κ2) is 13.1. The lowest BCUT2D eigenvalue weighted by atomic mass is 9.65. The molecule has 3 unspecified atom stereocenters. The van der Waals surface area contributed by atoms with Gasteiger partial charge in [0.25, 0.3) is 0 Å². The van der Waals surface area contributed by atoms with Crippen molar-refractivity contribution in [2.75, 3.05) is 39.4 Å². The lowest BCUT2D eigenvalue weighted by molar-refractivity contribution is -0.124. The molecule has 216 valence electrons. The van der Waals surface area contributed by atoms with Gasteiger partial charge in [0.15, 0.2) is 0 Å². The minimum atomic E-state index is -0.623. The van der Waals surface area contributed by atoms with Crippen LogP contribution in [0, 0.1) is 35.0 Å². The minimum Gasteiger partial charge on any atom is -0.394 e. The fourth-order valence-electron chi connectivity index (χ4n) is 8.67. The summed E-state index contributed by atoms with van der Waals surface area (Å²) >= 11 is 6.38. The summed E-state index contributed by atoms with van der Waals surface area (Å²) in [4.78, 5) is 2.53. The first kappa shape index (κ1) is 30.0. The van der Waals surface area contributed by atoms with Crippen LogP contribution in [0.2, 0.25) is 0 Å². The Morgan fingerprint density at radius 1 is 1.05 bits per heavy atom. The Balaban J connectivity index is 1.36. The number of β-amino-alcohol motifs (C(OH)–C–C–N with tert-alkyl or cyclic N) is 1. The largest absolute Gasteiger partial charge is 0.394 e. The first-order valence-electron chi connectivity index (χ1n) is 15.4. The molecule has 2 saturated heterocycles. The second-order valence-corrected chi connectivity index (χ2v) is 14.4. The first-order chi connectivity index (χ1) is 17.7. The SMILES string of the molecule is CC1(C)CN(CCC[C@@H]2[C@H](CCCN)COC3CC[C@H](CC(O)CO)C[C@@H]32)CC1(O)[C@H]1CC[C@@H](Cl)CC1. The van der Waals surface area contributed by atoms with Gasteiger partial charge in [0.2, 0.25) is 0 Å². The van der Waals surface area contributed by atoms with Crippen molar-refractivity contribution in [3.8, 4) is 0 Å². The molecule has 4 fully saturated rings. The van der Waals surface area contributed by atoms with E-state index >= 15 is 0 Å². The van der Waals surface area contributed by atoms with Crippen molar-refractivity contribution in [1.82, 2.24) is 4.90 Å². The Morgan fingerprint density at radius 3 is 2.51 bits per heavy atom. The van der Waals surface area contributed by atoms with Gasteiger partial charge in [0.05, 0.1) is 31.0 Å². The Kier molecular flexibility index (Phi) is 10.7. The third kappa shape index (κ3) is 7.04. The summed E-state index contributed by atoms with van der Waals surface area (Å²) in [5.74, 6) is 2.56. The van der Waals surface area contributed by atoms with Crippen LogP contribution in [0.1, 0.15) is 90.9 Å². The molecule has 2 aliphatic heterocycles. The van der Waals surface area contributed by atoms with E-state index in [2.05, 4.69) is 18.7 Å². The molecular weight excluding hydrogens is 488 g/mol. The summed E-state index contributed by atoms with van der Waals surface area (Å²) in [6.07, 6.45) is 12.4. The molecule has 0 aromatic carbocycles. The standard InChI is InChI=1S/C30H55ClN2O4/c1-29(2)19-33(20-30(29,36)23-8-10-24(31)11-9-23)14-4-6-26-22(5-3-13-32)18-37-28-12-7-21(16-27(26)28)15-25(35)17-34/h21-28,34-36H,3-20,32H2,1-2H3/t21-,22-,23-,24+,25?,26-,27-,28?,30?/m1/s1. The molecule has 2 heterocycles. The summed E-state index contributed by atoms with van der Waals surface area (Å²) in [6, 6.07) is 0. The Labute approximate surface area is 230 Å². The van der Waals surface area contributed by atoms with Crippen molar-refractivity contribution in [1.29, 1.82) is 0 Å². The van der Waals surface area contributed by atoms with E-state index in [1.807, 2.05) is 0 Å². The van der Waals surface area contributed by atoms with Crippen LogP contribution in [0.3, 0.4) is 0 Å². The van der Waals surface area contributed by atoms with Gasteiger partial charge in [0.1, 0.15) is 0 Å². The molecule has 4 rings (SSSR count). The molecule has 6 nitrogen and oxygen atoms in total. The van der Waals surface area contributed by atoms with Crippen molar-refractivity contribution >= 4 is 11.6 Å². The molecule has 0 amide bonds. The number of aliphatic hydroxyl groups is 3. The number of hydrogen-bond donors (Lipinski definition) is 4. The monoisotopic (exact) mass is 542 g/mol. The molecule has 4 aliphatic rings. The van der Waals surface area contributed by atoms with Crippen molar-refractivity contribution in [2.45, 2.75) is 114 Å². The number of ether oxygens (including phenoxy) is 1. The number of nitrogens with zero attached hydrogens (tertiary/aromatic N) is 1. The topological polar surface area (TPSA) is 99.2 Å². The number of alkyl halides is 1. The highest BCUT2D eigenvalue weighted by Crippen LogP contribution is 2.49. The van der Waals surface area contributed by atoms with Gasteiger partial charge in [-0.1, -0.05) is 13.8 Å². The molecule has 7 atom stereocenters. The van der Waals surface area contributed by atoms with E-state index in [0.29, 0.717) is 42.1 Å². The van der Waals surface area contributed by atoms with Gasteiger partial charge in [-0.3, -0.25) is 4.90 Å². The van der Waals surface area contributed by atoms with Gasteiger partial charge in [0, 0.05) is 23.9 Å². The normalized spacial score (nSPS) is 41.4. The van der Waals surface area contributed by atoms with Gasteiger partial charge in [-0.15, -0.1) is 11.6 Å². The van der Waals surface area contributed by atoms with Gasteiger partial charge in [-0.2, -0.15) is 0 Å². The summed E-state index contributed by atoms with van der Waals surface area (Å²) < 4.78 is 6.40. The van der Waals surface area contributed by atoms with Crippen molar-refractivity contribution in [3.63, 3.8) is 0 Å². The zero-order valence-corrected chi connectivity index (χ0v) is 24.3. The number of nitrogens with two attached hydrogens (primary N) is 1. The Bertz CT molecular complexity index is 703. The van der Waals surface area contributed by atoms with Crippen molar-refractivity contribution in [2.24, 2.45) is 40.7 Å². The molecule has 2 aliphatic carbocycles. The lowest BCUT2D eigenvalue weighted by Gasteiger charge is -2.48. The number of fused-ring (bicyclic) bond motifs is 1. The zero-order chi connectivity index (χ0) is 26.6. The molecule has 0 radical (unpaired) electrons. The minimum absolute atomic E-state index is 0.103. The molecule has 0 bridgehead atoms. The molecular formula is C30H55ClN2O4. The van der Waals surface area contributed by atoms with Gasteiger partial charge in [-0.25, -0.2) is 0 Å². The maximum absolute atomic E-state index is 11.9. The predicted molar refractivity (Wildman–Crippen MR) is 150 cm³/mol. The van der Waals surface area contributed by atoms with Crippen LogP contribution in [-0.2, 0) is 4.74 Å². The molecule has 0 aromatic heterocycles. The molecule has 0 spiro atoms. The molecule has 37 heavy (non-hydrogen) atoms. The van der Waals surface area contributed by atoms with E-state index in [1.165, 1.54) is 6.42 Å². The van der Waals surface area contributed by atoms with Crippen molar-refractivity contribution in [3.05, 3.63) is 0 Å². The van der Waals surface area contributed by atoms with Crippen LogP contribution in [0.25, 0.3) is 0 Å². The maximum Gasteiger partial charge on any atom is 0.0864 e. The highest BCUT2D eigenvalue weighted by Gasteiger charge is 2.55. The van der Waals surface area contributed by atoms with E-state index in [4.69, 9.17) is 22.1 Å². The van der Waals surface area contributed by atoms with Crippen LogP contribution >= 0.6 is 11.6 Å². The quantitative estimate of drug-likeness (QED) is 0.292. The van der Waals surface area contributed by atoms with E-state index < -0.39 is 11.7 Å². The summed E-state index contributed by atoms with van der Waals surface area (Å²) in [5.41, 5.74) is 5.16. The van der Waals surface area contributed by atoms with Crippen LogP contribution < -0.4 is 5.73 Å². The maximum atomic E-state index is 11.9. The van der Waals surface area contributed by atoms with Gasteiger partial charge < -0.3 is 25.8 Å².